The number of carboxylic acid groups (broad SMARTS) is 1. The van der Waals surface area contributed by atoms with Crippen LogP contribution in [0.25, 0.3) is 0 Å². The largest absolute Gasteiger partial charge is 0.549 e. The van der Waals surface area contributed by atoms with E-state index in [0.717, 1.165) is 12.1 Å². The maximum atomic E-state index is 10.6. The molecule has 0 aliphatic heterocycles. The molecule has 120 valence electrons. The Balaban J connectivity index is 0.000000224. The Labute approximate surface area is 133 Å². The van der Waals surface area contributed by atoms with Gasteiger partial charge in [0.2, 0.25) is 6.33 Å². The van der Waals surface area contributed by atoms with E-state index in [4.69, 9.17) is 0 Å². The molecule has 1 atom stereocenters. The van der Waals surface area contributed by atoms with E-state index < -0.39 is 11.9 Å². The fraction of sp³-hybridized carbons (Fsp3) is 0.444. The molecule has 1 aromatic heterocycles. The standard InChI is InChI=1S/C10H12O2.C8H15N2/c1-2-9(10(11)12)8-6-4-3-5-7-8;1-3-4-5-10-7-6-9(2)8-10/h3-7,9H,2H2,1H3,(H,11,12);6-8H,3-5H2,1-2H3/q;+1/p-1. The zero-order valence-electron chi connectivity index (χ0n) is 13.7. The second-order valence-electron chi connectivity index (χ2n) is 5.36. The summed E-state index contributed by atoms with van der Waals surface area (Å²) in [5.74, 6) is -1.46. The van der Waals surface area contributed by atoms with E-state index in [9.17, 15) is 9.90 Å². The van der Waals surface area contributed by atoms with Gasteiger partial charge in [-0.1, -0.05) is 50.6 Å². The molecular formula is C18H26N2O2. The highest BCUT2D eigenvalue weighted by Gasteiger charge is 2.08. The number of unbranched alkanes of at least 4 members (excludes halogenated alkanes) is 1. The summed E-state index contributed by atoms with van der Waals surface area (Å²) in [7, 11) is 2.04. The predicted octanol–water partition coefficient (Wildman–Crippen LogP) is 2.04. The van der Waals surface area contributed by atoms with Crippen LogP contribution in [0.4, 0.5) is 0 Å². The average molecular weight is 302 g/mol. The Bertz CT molecular complexity index is 549. The molecule has 0 radical (unpaired) electrons. The molecule has 1 aromatic carbocycles. The Morgan fingerprint density at radius 2 is 1.95 bits per heavy atom. The lowest BCUT2D eigenvalue weighted by atomic mass is 9.97. The molecule has 1 heterocycles. The van der Waals surface area contributed by atoms with Gasteiger partial charge >= 0.3 is 0 Å². The molecule has 0 saturated carbocycles. The summed E-state index contributed by atoms with van der Waals surface area (Å²) in [4.78, 5) is 10.6. The van der Waals surface area contributed by atoms with E-state index >= 15 is 0 Å². The van der Waals surface area contributed by atoms with Gasteiger partial charge in [-0.15, -0.1) is 0 Å². The number of carbonyl (C=O) groups is 1. The number of carbonyl (C=O) groups excluding carboxylic acids is 1. The van der Waals surface area contributed by atoms with Crippen molar-refractivity contribution in [2.75, 3.05) is 0 Å². The van der Waals surface area contributed by atoms with Crippen LogP contribution >= 0.6 is 0 Å². The highest BCUT2D eigenvalue weighted by molar-refractivity contribution is 5.73. The highest BCUT2D eigenvalue weighted by atomic mass is 16.4. The molecule has 0 amide bonds. The van der Waals surface area contributed by atoms with Crippen molar-refractivity contribution < 1.29 is 14.5 Å². The van der Waals surface area contributed by atoms with Gasteiger partial charge in [-0.25, -0.2) is 9.13 Å². The third-order valence-electron chi connectivity index (χ3n) is 3.49. The normalized spacial score (nSPS) is 11.4. The lowest BCUT2D eigenvalue weighted by Crippen LogP contribution is -2.29. The van der Waals surface area contributed by atoms with Gasteiger partial charge in [0.15, 0.2) is 0 Å². The van der Waals surface area contributed by atoms with Crippen molar-refractivity contribution in [3.05, 3.63) is 54.6 Å². The maximum absolute atomic E-state index is 10.6. The number of benzene rings is 1. The number of hydrogen-bond donors (Lipinski definition) is 0. The van der Waals surface area contributed by atoms with Crippen molar-refractivity contribution in [1.82, 2.24) is 4.57 Å². The first kappa shape index (κ1) is 18.0. The fourth-order valence-electron chi connectivity index (χ4n) is 2.20. The lowest BCUT2D eigenvalue weighted by molar-refractivity contribution is -0.671. The Hall–Kier alpha value is -2.10. The fourth-order valence-corrected chi connectivity index (χ4v) is 2.20. The van der Waals surface area contributed by atoms with Crippen molar-refractivity contribution in [1.29, 1.82) is 0 Å². The molecule has 2 aromatic rings. The van der Waals surface area contributed by atoms with Crippen LogP contribution in [0, 0.1) is 0 Å². The van der Waals surface area contributed by atoms with Crippen molar-refractivity contribution in [2.24, 2.45) is 7.05 Å². The number of hydrogen-bond acceptors (Lipinski definition) is 2. The van der Waals surface area contributed by atoms with E-state index in [1.54, 1.807) is 0 Å². The van der Waals surface area contributed by atoms with Gasteiger partial charge in [0.05, 0.1) is 13.6 Å². The molecule has 0 aliphatic rings. The summed E-state index contributed by atoms with van der Waals surface area (Å²) in [6.07, 6.45) is 9.39. The zero-order valence-corrected chi connectivity index (χ0v) is 13.7. The van der Waals surface area contributed by atoms with Crippen LogP contribution in [-0.2, 0) is 18.4 Å². The van der Waals surface area contributed by atoms with E-state index in [0.29, 0.717) is 6.42 Å². The second-order valence-corrected chi connectivity index (χ2v) is 5.36. The van der Waals surface area contributed by atoms with Gasteiger partial charge in [-0.2, -0.15) is 0 Å². The molecule has 22 heavy (non-hydrogen) atoms. The number of nitrogens with zero attached hydrogens (tertiary/aromatic N) is 2. The Kier molecular flexibility index (Phi) is 7.97. The molecular weight excluding hydrogens is 276 g/mol. The molecule has 0 saturated heterocycles. The van der Waals surface area contributed by atoms with Crippen LogP contribution in [0.2, 0.25) is 0 Å². The van der Waals surface area contributed by atoms with Crippen molar-refractivity contribution in [2.45, 2.75) is 45.6 Å². The summed E-state index contributed by atoms with van der Waals surface area (Å²) in [5, 5.41) is 10.6. The van der Waals surface area contributed by atoms with Crippen molar-refractivity contribution in [3.63, 3.8) is 0 Å². The van der Waals surface area contributed by atoms with Gasteiger partial charge in [-0.3, -0.25) is 0 Å². The topological polar surface area (TPSA) is 48.9 Å². The van der Waals surface area contributed by atoms with E-state index in [2.05, 4.69) is 34.8 Å². The van der Waals surface area contributed by atoms with Gasteiger partial charge in [0.1, 0.15) is 12.4 Å². The molecule has 0 spiro atoms. The third-order valence-corrected chi connectivity index (χ3v) is 3.49. The van der Waals surface area contributed by atoms with E-state index in [-0.39, 0.29) is 0 Å². The zero-order chi connectivity index (χ0) is 16.4. The predicted molar refractivity (Wildman–Crippen MR) is 85.0 cm³/mol. The summed E-state index contributed by atoms with van der Waals surface area (Å²) in [6, 6.07) is 9.15. The van der Waals surface area contributed by atoms with Crippen LogP contribution < -0.4 is 9.67 Å². The summed E-state index contributed by atoms with van der Waals surface area (Å²) in [5.41, 5.74) is 0.819. The lowest BCUT2D eigenvalue weighted by Gasteiger charge is -2.15. The SMILES string of the molecule is CCC(C(=O)[O-])c1ccccc1.CCCCn1cc[n+](C)c1. The van der Waals surface area contributed by atoms with Crippen molar-refractivity contribution in [3.8, 4) is 0 Å². The number of carboxylic acids is 1. The van der Waals surface area contributed by atoms with Crippen LogP contribution in [0.15, 0.2) is 49.1 Å². The number of aliphatic carboxylic acids is 1. The smallest absolute Gasteiger partial charge is 0.243 e. The highest BCUT2D eigenvalue weighted by Crippen LogP contribution is 2.17. The molecule has 4 nitrogen and oxygen atoms in total. The van der Waals surface area contributed by atoms with Gasteiger partial charge in [0.25, 0.3) is 0 Å². The molecule has 0 fully saturated rings. The van der Waals surface area contributed by atoms with Crippen LogP contribution in [0.3, 0.4) is 0 Å². The van der Waals surface area contributed by atoms with Gasteiger partial charge < -0.3 is 9.90 Å². The minimum absolute atomic E-state index is 0.466. The molecule has 1 unspecified atom stereocenters. The first-order valence-corrected chi connectivity index (χ1v) is 7.85. The van der Waals surface area contributed by atoms with E-state index in [1.807, 2.05) is 44.3 Å². The van der Waals surface area contributed by atoms with Gasteiger partial charge in [-0.05, 0) is 18.4 Å². The minimum atomic E-state index is -0.997. The number of aryl methyl sites for hydroxylation is 2. The summed E-state index contributed by atoms with van der Waals surface area (Å²) in [6.45, 7) is 5.20. The Morgan fingerprint density at radius 1 is 1.27 bits per heavy atom. The average Bonchev–Trinajstić information content (AvgIpc) is 2.93. The van der Waals surface area contributed by atoms with Gasteiger partial charge in [0, 0.05) is 11.9 Å². The summed E-state index contributed by atoms with van der Waals surface area (Å²) >= 11 is 0. The first-order valence-electron chi connectivity index (χ1n) is 7.85. The second kappa shape index (κ2) is 9.77. The quantitative estimate of drug-likeness (QED) is 0.767. The number of imidazole rings is 1. The monoisotopic (exact) mass is 302 g/mol. The van der Waals surface area contributed by atoms with Crippen LogP contribution in [0.1, 0.15) is 44.6 Å². The third kappa shape index (κ3) is 6.12. The molecule has 2 rings (SSSR count). The molecule has 4 heteroatoms. The Morgan fingerprint density at radius 3 is 2.41 bits per heavy atom. The molecule has 0 aliphatic carbocycles. The van der Waals surface area contributed by atoms with E-state index in [1.165, 1.54) is 12.8 Å². The maximum Gasteiger partial charge on any atom is 0.243 e. The minimum Gasteiger partial charge on any atom is -0.549 e. The number of aromatic nitrogens is 2. The summed E-state index contributed by atoms with van der Waals surface area (Å²) < 4.78 is 4.28. The van der Waals surface area contributed by atoms with Crippen LogP contribution in [0.5, 0.6) is 0 Å². The number of rotatable bonds is 6. The van der Waals surface area contributed by atoms with Crippen LogP contribution in [-0.4, -0.2) is 10.5 Å². The molecule has 0 N–H and O–H groups in total. The van der Waals surface area contributed by atoms with Crippen molar-refractivity contribution >= 4 is 5.97 Å². The molecule has 0 bridgehead atoms. The first-order chi connectivity index (χ1) is 10.6.